The van der Waals surface area contributed by atoms with Crippen LogP contribution in [0, 0.1) is 0 Å². The Morgan fingerprint density at radius 1 is 1.38 bits per heavy atom. The van der Waals surface area contributed by atoms with Crippen LogP contribution in [0.15, 0.2) is 30.3 Å². The lowest BCUT2D eigenvalue weighted by Gasteiger charge is -2.40. The summed E-state index contributed by atoms with van der Waals surface area (Å²) in [6.07, 6.45) is 2.21. The van der Waals surface area contributed by atoms with Crippen LogP contribution in [0.2, 0.25) is 0 Å². The van der Waals surface area contributed by atoms with Gasteiger partial charge in [0.05, 0.1) is 17.2 Å². The van der Waals surface area contributed by atoms with Crippen LogP contribution in [0.1, 0.15) is 25.5 Å². The van der Waals surface area contributed by atoms with Crippen molar-refractivity contribution >= 4 is 28.2 Å². The van der Waals surface area contributed by atoms with Crippen molar-refractivity contribution in [2.75, 3.05) is 25.1 Å². The molecule has 1 aromatic heterocycles. The molecule has 0 aliphatic carbocycles. The molecule has 0 amide bonds. The zero-order valence-electron chi connectivity index (χ0n) is 12.6. The minimum Gasteiger partial charge on any atom is -0.377 e. The maximum atomic E-state index is 6.02. The Hall–Kier alpha value is -1.32. The largest absolute Gasteiger partial charge is 0.377 e. The molecule has 3 rings (SSSR count). The van der Waals surface area contributed by atoms with Crippen LogP contribution >= 0.6 is 11.6 Å². The normalized spacial score (nSPS) is 22.7. The Kier molecular flexibility index (Phi) is 4.05. The number of fused-ring (bicyclic) bond motifs is 1. The summed E-state index contributed by atoms with van der Waals surface area (Å²) in [5.41, 5.74) is 0.827. The van der Waals surface area contributed by atoms with E-state index in [0.29, 0.717) is 5.88 Å². The van der Waals surface area contributed by atoms with Crippen LogP contribution in [0.3, 0.4) is 0 Å². The summed E-state index contributed by atoms with van der Waals surface area (Å²) in [4.78, 5) is 7.12. The van der Waals surface area contributed by atoms with Gasteiger partial charge in [-0.15, -0.1) is 11.6 Å². The molecule has 4 heteroatoms. The van der Waals surface area contributed by atoms with Crippen LogP contribution in [-0.2, 0) is 10.6 Å². The summed E-state index contributed by atoms with van der Waals surface area (Å²) >= 11 is 6.02. The van der Waals surface area contributed by atoms with Gasteiger partial charge in [0, 0.05) is 25.6 Å². The summed E-state index contributed by atoms with van der Waals surface area (Å²) in [5.74, 6) is 1.47. The van der Waals surface area contributed by atoms with Gasteiger partial charge in [-0.25, -0.2) is 4.98 Å². The van der Waals surface area contributed by atoms with Crippen molar-refractivity contribution in [3.63, 3.8) is 0 Å². The Balaban J connectivity index is 2.06. The molecule has 3 nitrogen and oxygen atoms in total. The van der Waals surface area contributed by atoms with Crippen LogP contribution in [0.5, 0.6) is 0 Å². The van der Waals surface area contributed by atoms with Crippen molar-refractivity contribution < 1.29 is 4.74 Å². The number of hydrogen-bond donors (Lipinski definition) is 0. The molecule has 1 unspecified atom stereocenters. The molecule has 0 radical (unpaired) electrons. The van der Waals surface area contributed by atoms with Gasteiger partial charge >= 0.3 is 0 Å². The lowest BCUT2D eigenvalue weighted by atomic mass is 9.94. The molecule has 112 valence electrons. The first-order valence-corrected chi connectivity index (χ1v) is 7.93. The number of alkyl halides is 1. The number of anilines is 1. The molecule has 0 bridgehead atoms. The van der Waals surface area contributed by atoms with E-state index in [2.05, 4.69) is 42.2 Å². The van der Waals surface area contributed by atoms with E-state index in [1.807, 2.05) is 0 Å². The zero-order valence-corrected chi connectivity index (χ0v) is 13.4. The first-order valence-electron chi connectivity index (χ1n) is 7.40. The SMILES string of the molecule is COC1(C)CCCN(c2nc(CCl)cc3ccccc23)C1. The second kappa shape index (κ2) is 5.82. The van der Waals surface area contributed by atoms with E-state index >= 15 is 0 Å². The maximum absolute atomic E-state index is 6.02. The Morgan fingerprint density at radius 3 is 2.95 bits per heavy atom. The van der Waals surface area contributed by atoms with Crippen LogP contribution < -0.4 is 4.90 Å². The molecule has 1 aromatic carbocycles. The summed E-state index contributed by atoms with van der Waals surface area (Å²) in [7, 11) is 1.80. The average molecular weight is 305 g/mol. The van der Waals surface area contributed by atoms with Gasteiger partial charge in [0.25, 0.3) is 0 Å². The molecule has 0 N–H and O–H groups in total. The van der Waals surface area contributed by atoms with Gasteiger partial charge in [0.1, 0.15) is 5.82 Å². The fourth-order valence-electron chi connectivity index (χ4n) is 3.10. The van der Waals surface area contributed by atoms with Crippen LogP contribution in [0.25, 0.3) is 10.8 Å². The molecular formula is C17H21ClN2O. The lowest BCUT2D eigenvalue weighted by Crippen LogP contribution is -2.47. The topological polar surface area (TPSA) is 25.4 Å². The molecule has 2 aromatic rings. The van der Waals surface area contributed by atoms with Gasteiger partial charge in [-0.2, -0.15) is 0 Å². The van der Waals surface area contributed by atoms with Crippen molar-refractivity contribution in [2.45, 2.75) is 31.2 Å². The average Bonchev–Trinajstić information content (AvgIpc) is 2.53. The van der Waals surface area contributed by atoms with E-state index in [1.54, 1.807) is 7.11 Å². The number of aromatic nitrogens is 1. The quantitative estimate of drug-likeness (QED) is 0.802. The number of piperidine rings is 1. The van der Waals surface area contributed by atoms with Crippen molar-refractivity contribution in [1.29, 1.82) is 0 Å². The molecule has 1 aliphatic heterocycles. The highest BCUT2D eigenvalue weighted by molar-refractivity contribution is 6.17. The molecule has 1 saturated heterocycles. The molecule has 1 fully saturated rings. The lowest BCUT2D eigenvalue weighted by molar-refractivity contribution is -0.00475. The van der Waals surface area contributed by atoms with Crippen LogP contribution in [0.4, 0.5) is 5.82 Å². The predicted octanol–water partition coefficient (Wildman–Crippen LogP) is 3.98. The first kappa shape index (κ1) is 14.6. The van der Waals surface area contributed by atoms with Crippen molar-refractivity contribution in [3.8, 4) is 0 Å². The summed E-state index contributed by atoms with van der Waals surface area (Å²) in [6, 6.07) is 10.4. The molecule has 21 heavy (non-hydrogen) atoms. The molecule has 1 atom stereocenters. The predicted molar refractivity (Wildman–Crippen MR) is 88.2 cm³/mol. The van der Waals surface area contributed by atoms with E-state index < -0.39 is 0 Å². The standard InChI is InChI=1S/C17H21ClN2O/c1-17(21-2)8-5-9-20(12-17)16-15-7-4-3-6-13(15)10-14(11-18)19-16/h3-4,6-7,10H,5,8-9,11-12H2,1-2H3. The minimum atomic E-state index is -0.0992. The van der Waals surface area contributed by atoms with Crippen molar-refractivity contribution in [3.05, 3.63) is 36.0 Å². The fourth-order valence-corrected chi connectivity index (χ4v) is 3.23. The summed E-state index contributed by atoms with van der Waals surface area (Å²) < 4.78 is 5.70. The second-order valence-corrected chi connectivity index (χ2v) is 6.24. The third-order valence-electron chi connectivity index (χ3n) is 4.36. The third kappa shape index (κ3) is 2.85. The number of methoxy groups -OCH3 is 1. The highest BCUT2D eigenvalue weighted by Crippen LogP contribution is 2.32. The van der Waals surface area contributed by atoms with Gasteiger partial charge in [0.2, 0.25) is 0 Å². The number of benzene rings is 1. The van der Waals surface area contributed by atoms with Gasteiger partial charge in [-0.1, -0.05) is 24.3 Å². The highest BCUT2D eigenvalue weighted by atomic mass is 35.5. The Labute approximate surface area is 130 Å². The third-order valence-corrected chi connectivity index (χ3v) is 4.64. The molecular weight excluding hydrogens is 284 g/mol. The summed E-state index contributed by atoms with van der Waals surface area (Å²) in [5, 5.41) is 2.38. The van der Waals surface area contributed by atoms with E-state index in [4.69, 9.17) is 21.3 Å². The number of ether oxygens (including phenoxy) is 1. The maximum Gasteiger partial charge on any atom is 0.136 e. The number of rotatable bonds is 3. The number of halogens is 1. The highest BCUT2D eigenvalue weighted by Gasteiger charge is 2.32. The van der Waals surface area contributed by atoms with Gasteiger partial charge in [0.15, 0.2) is 0 Å². The van der Waals surface area contributed by atoms with E-state index in [0.717, 1.165) is 37.4 Å². The Bertz CT molecular complexity index is 646. The molecule has 2 heterocycles. The van der Waals surface area contributed by atoms with Gasteiger partial charge < -0.3 is 9.64 Å². The molecule has 1 aliphatic rings. The first-order chi connectivity index (χ1) is 10.1. The molecule has 0 spiro atoms. The van der Waals surface area contributed by atoms with Crippen molar-refractivity contribution in [2.24, 2.45) is 0 Å². The van der Waals surface area contributed by atoms with Gasteiger partial charge in [-0.3, -0.25) is 0 Å². The Morgan fingerprint density at radius 2 is 2.19 bits per heavy atom. The van der Waals surface area contributed by atoms with Crippen LogP contribution in [-0.4, -0.2) is 30.8 Å². The summed E-state index contributed by atoms with van der Waals surface area (Å²) in [6.45, 7) is 4.06. The van der Waals surface area contributed by atoms with E-state index in [-0.39, 0.29) is 5.60 Å². The van der Waals surface area contributed by atoms with E-state index in [1.165, 1.54) is 10.8 Å². The number of nitrogens with zero attached hydrogens (tertiary/aromatic N) is 2. The van der Waals surface area contributed by atoms with E-state index in [9.17, 15) is 0 Å². The van der Waals surface area contributed by atoms with Gasteiger partial charge in [-0.05, 0) is 31.2 Å². The fraction of sp³-hybridized carbons (Fsp3) is 0.471. The monoisotopic (exact) mass is 304 g/mol. The number of pyridine rings is 1. The zero-order chi connectivity index (χ0) is 14.9. The van der Waals surface area contributed by atoms with Crippen molar-refractivity contribution in [1.82, 2.24) is 4.98 Å². The molecule has 0 saturated carbocycles. The minimum absolute atomic E-state index is 0.0992. The number of hydrogen-bond acceptors (Lipinski definition) is 3. The second-order valence-electron chi connectivity index (χ2n) is 5.97. The smallest absolute Gasteiger partial charge is 0.136 e.